The van der Waals surface area contributed by atoms with Crippen molar-refractivity contribution in [3.63, 3.8) is 0 Å². The zero-order chi connectivity index (χ0) is 15.7. The molecule has 0 spiro atoms. The lowest BCUT2D eigenvalue weighted by molar-refractivity contribution is -0.0599. The van der Waals surface area contributed by atoms with E-state index in [1.807, 2.05) is 20.9 Å². The van der Waals surface area contributed by atoms with Crippen molar-refractivity contribution in [3.05, 3.63) is 14.7 Å². The molecule has 120 valence electrons. The summed E-state index contributed by atoms with van der Waals surface area (Å²) in [5, 5.41) is 3.03. The molecule has 0 amide bonds. The minimum absolute atomic E-state index is 0.0849. The number of rotatable bonds is 5. The standard InChI is InChI=1S/C13H21BrN2O3S2/c1-13(2)7-9(4-5-19-13)16-21(17,18)11-6-10(8-15-3)20-12(11)14/h6,9,15-16H,4-5,7-8H2,1-3H3. The molecule has 0 aliphatic carbocycles. The van der Waals surface area contributed by atoms with E-state index in [9.17, 15) is 8.42 Å². The Morgan fingerprint density at radius 2 is 2.24 bits per heavy atom. The van der Waals surface area contributed by atoms with Crippen molar-refractivity contribution in [1.82, 2.24) is 10.0 Å². The fourth-order valence-corrected chi connectivity index (χ4v) is 6.42. The van der Waals surface area contributed by atoms with Gasteiger partial charge in [0.2, 0.25) is 10.0 Å². The van der Waals surface area contributed by atoms with Gasteiger partial charge in [-0.25, -0.2) is 13.1 Å². The maximum absolute atomic E-state index is 12.6. The first-order chi connectivity index (χ1) is 9.73. The molecule has 2 heterocycles. The molecule has 2 N–H and O–H groups in total. The minimum Gasteiger partial charge on any atom is -0.375 e. The molecule has 2 rings (SSSR count). The lowest BCUT2D eigenvalue weighted by atomic mass is 9.95. The lowest BCUT2D eigenvalue weighted by Gasteiger charge is -2.35. The maximum atomic E-state index is 12.6. The largest absolute Gasteiger partial charge is 0.375 e. The van der Waals surface area contributed by atoms with E-state index >= 15 is 0 Å². The van der Waals surface area contributed by atoms with E-state index in [1.165, 1.54) is 11.3 Å². The molecule has 5 nitrogen and oxygen atoms in total. The first-order valence-corrected chi connectivity index (χ1v) is 9.92. The molecule has 8 heteroatoms. The van der Waals surface area contributed by atoms with Gasteiger partial charge in [0.15, 0.2) is 0 Å². The third-order valence-electron chi connectivity index (χ3n) is 3.37. The number of ether oxygens (including phenoxy) is 1. The zero-order valence-corrected chi connectivity index (χ0v) is 15.6. The number of hydrogen-bond acceptors (Lipinski definition) is 5. The molecule has 0 saturated carbocycles. The predicted octanol–water partition coefficient (Wildman–Crippen LogP) is 2.47. The van der Waals surface area contributed by atoms with Crippen LogP contribution in [0.25, 0.3) is 0 Å². The van der Waals surface area contributed by atoms with Gasteiger partial charge in [-0.15, -0.1) is 11.3 Å². The summed E-state index contributed by atoms with van der Waals surface area (Å²) in [6, 6.07) is 1.64. The Morgan fingerprint density at radius 1 is 1.52 bits per heavy atom. The Balaban J connectivity index is 2.15. The molecular formula is C13H21BrN2O3S2. The van der Waals surface area contributed by atoms with Gasteiger partial charge < -0.3 is 10.1 Å². The van der Waals surface area contributed by atoms with Crippen LogP contribution in [-0.2, 0) is 21.3 Å². The van der Waals surface area contributed by atoms with Crippen molar-refractivity contribution in [1.29, 1.82) is 0 Å². The van der Waals surface area contributed by atoms with Crippen LogP contribution in [0.3, 0.4) is 0 Å². The highest BCUT2D eigenvalue weighted by molar-refractivity contribution is 9.11. The molecule has 1 aliphatic rings. The minimum atomic E-state index is -3.51. The zero-order valence-electron chi connectivity index (χ0n) is 12.4. The summed E-state index contributed by atoms with van der Waals surface area (Å²) < 4.78 is 34.2. The molecule has 1 aliphatic heterocycles. The highest BCUT2D eigenvalue weighted by Gasteiger charge is 2.32. The van der Waals surface area contributed by atoms with Gasteiger partial charge in [-0.1, -0.05) is 0 Å². The predicted molar refractivity (Wildman–Crippen MR) is 88.2 cm³/mol. The topological polar surface area (TPSA) is 67.4 Å². The third-order valence-corrected chi connectivity index (χ3v) is 7.14. The molecule has 1 unspecified atom stereocenters. The quantitative estimate of drug-likeness (QED) is 0.801. The van der Waals surface area contributed by atoms with Crippen LogP contribution < -0.4 is 10.0 Å². The average Bonchev–Trinajstić information content (AvgIpc) is 2.69. The fourth-order valence-electron chi connectivity index (χ4n) is 2.46. The summed E-state index contributed by atoms with van der Waals surface area (Å²) in [5.74, 6) is 0. The van der Waals surface area contributed by atoms with E-state index < -0.39 is 10.0 Å². The number of hydrogen-bond donors (Lipinski definition) is 2. The van der Waals surface area contributed by atoms with Gasteiger partial charge in [0.05, 0.1) is 9.39 Å². The van der Waals surface area contributed by atoms with Gasteiger partial charge >= 0.3 is 0 Å². The monoisotopic (exact) mass is 396 g/mol. The van der Waals surface area contributed by atoms with E-state index in [4.69, 9.17) is 4.74 Å². The first kappa shape index (κ1) is 17.4. The van der Waals surface area contributed by atoms with E-state index in [-0.39, 0.29) is 11.6 Å². The number of halogens is 1. The van der Waals surface area contributed by atoms with Gasteiger partial charge in [-0.2, -0.15) is 0 Å². The van der Waals surface area contributed by atoms with E-state index in [1.54, 1.807) is 6.07 Å². The van der Waals surface area contributed by atoms with Crippen molar-refractivity contribution in [2.45, 2.75) is 49.8 Å². The summed E-state index contributed by atoms with van der Waals surface area (Å²) >= 11 is 4.80. The van der Waals surface area contributed by atoms with Gasteiger partial charge in [0.25, 0.3) is 0 Å². The molecule has 0 bridgehead atoms. The number of thiophene rings is 1. The van der Waals surface area contributed by atoms with Crippen LogP contribution in [0.5, 0.6) is 0 Å². The molecular weight excluding hydrogens is 376 g/mol. The van der Waals surface area contributed by atoms with Gasteiger partial charge in [0, 0.05) is 24.1 Å². The van der Waals surface area contributed by atoms with Crippen molar-refractivity contribution in [3.8, 4) is 0 Å². The van der Waals surface area contributed by atoms with E-state index in [0.29, 0.717) is 34.7 Å². The summed E-state index contributed by atoms with van der Waals surface area (Å²) in [6.07, 6.45) is 1.38. The lowest BCUT2D eigenvalue weighted by Crippen LogP contribution is -2.45. The van der Waals surface area contributed by atoms with Gasteiger partial charge in [-0.3, -0.25) is 0 Å². The van der Waals surface area contributed by atoms with Gasteiger partial charge in [-0.05, 0) is 55.7 Å². The molecule has 0 radical (unpaired) electrons. The Morgan fingerprint density at radius 3 is 2.86 bits per heavy atom. The maximum Gasteiger partial charge on any atom is 0.242 e. The van der Waals surface area contributed by atoms with E-state index in [2.05, 4.69) is 26.0 Å². The Hall–Kier alpha value is 0.01000. The Kier molecular flexibility index (Phi) is 5.49. The summed E-state index contributed by atoms with van der Waals surface area (Å²) in [4.78, 5) is 1.30. The van der Waals surface area contributed by atoms with Crippen LogP contribution in [0, 0.1) is 0 Å². The second-order valence-electron chi connectivity index (χ2n) is 5.80. The molecule has 1 saturated heterocycles. The molecule has 1 aromatic heterocycles. The van der Waals surface area contributed by atoms with Crippen LogP contribution in [0.1, 0.15) is 31.6 Å². The van der Waals surface area contributed by atoms with Crippen molar-refractivity contribution in [2.24, 2.45) is 0 Å². The second-order valence-corrected chi connectivity index (χ2v) is 9.94. The second kappa shape index (κ2) is 6.64. The van der Waals surface area contributed by atoms with Crippen LogP contribution in [0.2, 0.25) is 0 Å². The normalized spacial score (nSPS) is 22.4. The highest BCUT2D eigenvalue weighted by Crippen LogP contribution is 2.32. The number of sulfonamides is 1. The van der Waals surface area contributed by atoms with Crippen molar-refractivity contribution < 1.29 is 13.2 Å². The average molecular weight is 397 g/mol. The molecule has 1 atom stereocenters. The molecule has 1 aromatic rings. The van der Waals surface area contributed by atoms with Crippen LogP contribution >= 0.6 is 27.3 Å². The highest BCUT2D eigenvalue weighted by atomic mass is 79.9. The molecule has 21 heavy (non-hydrogen) atoms. The summed E-state index contributed by atoms with van der Waals surface area (Å²) in [6.45, 7) is 5.21. The third kappa shape index (κ3) is 4.49. The van der Waals surface area contributed by atoms with Crippen LogP contribution in [0.15, 0.2) is 14.7 Å². The first-order valence-electron chi connectivity index (χ1n) is 6.82. The van der Waals surface area contributed by atoms with Gasteiger partial charge in [0.1, 0.15) is 4.90 Å². The van der Waals surface area contributed by atoms with Crippen LogP contribution in [-0.4, -0.2) is 33.7 Å². The van der Waals surface area contributed by atoms with Crippen LogP contribution in [0.4, 0.5) is 0 Å². The van der Waals surface area contributed by atoms with E-state index in [0.717, 1.165) is 4.88 Å². The smallest absolute Gasteiger partial charge is 0.242 e. The van der Waals surface area contributed by atoms with Crippen molar-refractivity contribution >= 4 is 37.3 Å². The summed E-state index contributed by atoms with van der Waals surface area (Å²) in [7, 11) is -1.67. The summed E-state index contributed by atoms with van der Waals surface area (Å²) in [5.41, 5.74) is -0.283. The fraction of sp³-hybridized carbons (Fsp3) is 0.692. The van der Waals surface area contributed by atoms with Crippen molar-refractivity contribution in [2.75, 3.05) is 13.7 Å². The SMILES string of the molecule is CNCc1cc(S(=O)(=O)NC2CCOC(C)(C)C2)c(Br)s1. The molecule has 1 fully saturated rings. The molecule has 0 aromatic carbocycles. The Labute approximate surface area is 138 Å². The Bertz CT molecular complexity index is 599. The number of nitrogens with one attached hydrogen (secondary N) is 2.